The van der Waals surface area contributed by atoms with E-state index >= 15 is 0 Å². The third-order valence-electron chi connectivity index (χ3n) is 5.09. The van der Waals surface area contributed by atoms with Gasteiger partial charge >= 0.3 is 12.1 Å². The summed E-state index contributed by atoms with van der Waals surface area (Å²) in [6.07, 6.45) is -4.37. The number of alkyl halides is 3. The van der Waals surface area contributed by atoms with Gasteiger partial charge in [-0.2, -0.15) is 13.2 Å². The van der Waals surface area contributed by atoms with Gasteiger partial charge in [-0.1, -0.05) is 12.1 Å². The largest absolute Gasteiger partial charge is 0.452 e. The van der Waals surface area contributed by atoms with Crippen LogP contribution in [0.25, 0.3) is 0 Å². The van der Waals surface area contributed by atoms with E-state index in [0.717, 1.165) is 4.57 Å². The highest BCUT2D eigenvalue weighted by atomic mass is 19.4. The van der Waals surface area contributed by atoms with Gasteiger partial charge in [-0.15, -0.1) is 0 Å². The molecule has 2 amide bonds. The first-order valence-corrected chi connectivity index (χ1v) is 9.59. The molecule has 3 rings (SSSR count). The van der Waals surface area contributed by atoms with Crippen molar-refractivity contribution >= 4 is 29.2 Å². The zero-order valence-electron chi connectivity index (χ0n) is 17.2. The predicted octanol–water partition coefficient (Wildman–Crippen LogP) is 3.59. The number of amides is 2. The van der Waals surface area contributed by atoms with Gasteiger partial charge in [0.2, 0.25) is 5.91 Å². The number of benzene rings is 1. The number of aromatic nitrogens is 1. The van der Waals surface area contributed by atoms with E-state index in [1.54, 1.807) is 31.2 Å². The molecule has 2 heterocycles. The highest BCUT2D eigenvalue weighted by molar-refractivity contribution is 6.05. The summed E-state index contributed by atoms with van der Waals surface area (Å²) in [5.41, 5.74) is 1.27. The van der Waals surface area contributed by atoms with Crippen LogP contribution >= 0.6 is 0 Å². The van der Waals surface area contributed by atoms with Gasteiger partial charge in [-0.05, 0) is 39.0 Å². The lowest BCUT2D eigenvalue weighted by atomic mass is 10.1. The van der Waals surface area contributed by atoms with Gasteiger partial charge in [0.05, 0.1) is 16.9 Å². The van der Waals surface area contributed by atoms with Crippen molar-refractivity contribution in [1.29, 1.82) is 0 Å². The Kier molecular flexibility index (Phi) is 6.10. The van der Waals surface area contributed by atoms with Crippen molar-refractivity contribution in [2.45, 2.75) is 46.0 Å². The lowest BCUT2D eigenvalue weighted by Crippen LogP contribution is -2.41. The number of fused-ring (bicyclic) bond motifs is 1. The molecule has 1 aromatic heterocycles. The van der Waals surface area contributed by atoms with Crippen LogP contribution in [-0.4, -0.2) is 41.2 Å². The summed E-state index contributed by atoms with van der Waals surface area (Å²) in [6, 6.07) is 7.58. The topological polar surface area (TPSA) is 80.6 Å². The maximum atomic E-state index is 12.9. The van der Waals surface area contributed by atoms with Crippen LogP contribution in [0.2, 0.25) is 0 Å². The van der Waals surface area contributed by atoms with Crippen LogP contribution in [0.5, 0.6) is 0 Å². The summed E-state index contributed by atoms with van der Waals surface area (Å²) in [5.74, 6) is -1.68. The minimum Gasteiger partial charge on any atom is -0.452 e. The molecular formula is C21H22F3N3O4. The van der Waals surface area contributed by atoms with Crippen molar-refractivity contribution < 1.29 is 32.3 Å². The molecule has 1 aliphatic rings. The number of nitrogens with one attached hydrogen (secondary N) is 1. The van der Waals surface area contributed by atoms with Gasteiger partial charge < -0.3 is 19.5 Å². The first-order valence-electron chi connectivity index (χ1n) is 9.59. The van der Waals surface area contributed by atoms with Gasteiger partial charge in [-0.3, -0.25) is 9.59 Å². The molecule has 10 heteroatoms. The fourth-order valence-electron chi connectivity index (χ4n) is 3.67. The summed E-state index contributed by atoms with van der Waals surface area (Å²) < 4.78 is 44.4. The number of ether oxygens (including phenoxy) is 1. The summed E-state index contributed by atoms with van der Waals surface area (Å²) >= 11 is 0. The Bertz CT molecular complexity index is 1030. The molecule has 7 nitrogen and oxygen atoms in total. The fraction of sp³-hybridized carbons (Fsp3) is 0.381. The Morgan fingerprint density at radius 2 is 1.90 bits per heavy atom. The Balaban J connectivity index is 1.76. The number of anilines is 2. The van der Waals surface area contributed by atoms with Crippen molar-refractivity contribution in [1.82, 2.24) is 4.57 Å². The number of rotatable bonds is 4. The molecule has 0 bridgehead atoms. The van der Waals surface area contributed by atoms with E-state index in [-0.39, 0.29) is 29.3 Å². The van der Waals surface area contributed by atoms with Crippen molar-refractivity contribution in [3.8, 4) is 0 Å². The number of hydrogen-bond donors (Lipinski definition) is 1. The molecule has 166 valence electrons. The normalized spacial score (nSPS) is 16.4. The summed E-state index contributed by atoms with van der Waals surface area (Å²) in [4.78, 5) is 38.8. The lowest BCUT2D eigenvalue weighted by molar-refractivity contribution is -0.141. The molecular weight excluding hydrogens is 415 g/mol. The predicted molar refractivity (Wildman–Crippen MR) is 107 cm³/mol. The zero-order chi connectivity index (χ0) is 22.9. The van der Waals surface area contributed by atoms with E-state index in [9.17, 15) is 27.6 Å². The molecule has 1 N–H and O–H groups in total. The van der Waals surface area contributed by atoms with E-state index < -0.39 is 37.2 Å². The molecule has 1 aromatic carbocycles. The third kappa shape index (κ3) is 4.89. The highest BCUT2D eigenvalue weighted by Gasteiger charge is 2.32. The number of carbonyl (C=O) groups excluding carboxylic acids is 3. The first-order chi connectivity index (χ1) is 14.5. The van der Waals surface area contributed by atoms with Crippen molar-refractivity contribution in [3.05, 3.63) is 47.3 Å². The van der Waals surface area contributed by atoms with Crippen molar-refractivity contribution in [2.24, 2.45) is 0 Å². The number of halogens is 3. The number of esters is 1. The van der Waals surface area contributed by atoms with E-state index in [4.69, 9.17) is 4.74 Å². The molecule has 0 aliphatic carbocycles. The lowest BCUT2D eigenvalue weighted by Gasteiger charge is -2.27. The Hall–Kier alpha value is -3.30. The summed E-state index contributed by atoms with van der Waals surface area (Å²) in [7, 11) is 0. The Labute approximate surface area is 176 Å². The van der Waals surface area contributed by atoms with E-state index in [1.807, 2.05) is 0 Å². The number of nitrogens with zero attached hydrogens (tertiary/aromatic N) is 2. The molecule has 0 fully saturated rings. The Morgan fingerprint density at radius 1 is 1.23 bits per heavy atom. The smallest absolute Gasteiger partial charge is 0.406 e. The molecule has 0 spiro atoms. The van der Waals surface area contributed by atoms with Crippen LogP contribution in [0.1, 0.15) is 35.1 Å². The van der Waals surface area contributed by atoms with Crippen LogP contribution in [-0.2, 0) is 20.9 Å². The van der Waals surface area contributed by atoms with Crippen LogP contribution in [0.4, 0.5) is 24.5 Å². The van der Waals surface area contributed by atoms with Gasteiger partial charge in [0.25, 0.3) is 5.91 Å². The second kappa shape index (κ2) is 8.44. The summed E-state index contributed by atoms with van der Waals surface area (Å²) in [6.45, 7) is 2.71. The molecule has 31 heavy (non-hydrogen) atoms. The maximum Gasteiger partial charge on any atom is 0.406 e. The standard InChI is InChI=1S/C21H22F3N3O4/c1-12-8-15(14(3)26(12)11-21(22,23)24)20(30)31-10-19(29)27-13(2)9-18(28)25-16-6-4-5-7-17(16)27/h4-8,13H,9-11H2,1-3H3,(H,25,28). The molecule has 2 aromatic rings. The average molecular weight is 437 g/mol. The van der Waals surface area contributed by atoms with Crippen LogP contribution < -0.4 is 10.2 Å². The molecule has 0 radical (unpaired) electrons. The van der Waals surface area contributed by atoms with E-state index in [2.05, 4.69) is 5.32 Å². The Morgan fingerprint density at radius 3 is 2.58 bits per heavy atom. The van der Waals surface area contributed by atoms with Crippen molar-refractivity contribution in [2.75, 3.05) is 16.8 Å². The minimum absolute atomic E-state index is 0.0318. The number of carbonyl (C=O) groups is 3. The quantitative estimate of drug-likeness (QED) is 0.742. The van der Waals surface area contributed by atoms with E-state index in [0.29, 0.717) is 11.4 Å². The molecule has 0 saturated carbocycles. The minimum atomic E-state index is -4.44. The molecule has 1 atom stereocenters. The van der Waals surface area contributed by atoms with Gasteiger partial charge in [-0.25, -0.2) is 4.79 Å². The van der Waals surface area contributed by atoms with Crippen LogP contribution in [0, 0.1) is 13.8 Å². The second-order valence-corrected chi connectivity index (χ2v) is 7.44. The van der Waals surface area contributed by atoms with Gasteiger partial charge in [0, 0.05) is 23.9 Å². The fourth-order valence-corrected chi connectivity index (χ4v) is 3.67. The number of para-hydroxylation sites is 2. The summed E-state index contributed by atoms with van der Waals surface area (Å²) in [5, 5.41) is 2.73. The number of hydrogen-bond acceptors (Lipinski definition) is 4. The van der Waals surface area contributed by atoms with Crippen LogP contribution in [0.3, 0.4) is 0 Å². The van der Waals surface area contributed by atoms with Crippen molar-refractivity contribution in [3.63, 3.8) is 0 Å². The molecule has 1 aliphatic heterocycles. The SMILES string of the molecule is Cc1cc(C(=O)OCC(=O)N2c3ccccc3NC(=O)CC2C)c(C)n1CC(F)(F)F. The number of aryl methyl sites for hydroxylation is 1. The van der Waals surface area contributed by atoms with Crippen LogP contribution in [0.15, 0.2) is 30.3 Å². The average Bonchev–Trinajstić information content (AvgIpc) is 2.86. The highest BCUT2D eigenvalue weighted by Crippen LogP contribution is 2.31. The monoisotopic (exact) mass is 437 g/mol. The van der Waals surface area contributed by atoms with E-state index in [1.165, 1.54) is 24.8 Å². The third-order valence-corrected chi connectivity index (χ3v) is 5.09. The second-order valence-electron chi connectivity index (χ2n) is 7.44. The van der Waals surface area contributed by atoms with Gasteiger partial charge in [0.15, 0.2) is 6.61 Å². The maximum absolute atomic E-state index is 12.9. The van der Waals surface area contributed by atoms with Gasteiger partial charge in [0.1, 0.15) is 6.54 Å². The zero-order valence-corrected chi connectivity index (χ0v) is 17.2. The molecule has 0 saturated heterocycles. The molecule has 1 unspecified atom stereocenters. The first kappa shape index (κ1) is 22.4.